The van der Waals surface area contributed by atoms with Gasteiger partial charge in [-0.15, -0.1) is 0 Å². The van der Waals surface area contributed by atoms with Crippen molar-refractivity contribution in [3.63, 3.8) is 0 Å². The first kappa shape index (κ1) is 13.4. The summed E-state index contributed by atoms with van der Waals surface area (Å²) in [6.07, 6.45) is 8.44. The van der Waals surface area contributed by atoms with Crippen LogP contribution in [0.1, 0.15) is 52.4 Å². The summed E-state index contributed by atoms with van der Waals surface area (Å²) < 4.78 is 0. The maximum absolute atomic E-state index is 3.86. The molecule has 1 aliphatic carbocycles. The van der Waals surface area contributed by atoms with E-state index in [0.717, 1.165) is 23.9 Å². The highest BCUT2D eigenvalue weighted by atomic mass is 15.2. The summed E-state index contributed by atoms with van der Waals surface area (Å²) in [6, 6.07) is 1.56. The van der Waals surface area contributed by atoms with Gasteiger partial charge < -0.3 is 10.2 Å². The number of rotatable bonds is 3. The summed E-state index contributed by atoms with van der Waals surface area (Å²) in [5.41, 5.74) is 0. The van der Waals surface area contributed by atoms with Crippen molar-refractivity contribution in [2.75, 3.05) is 20.1 Å². The second-order valence-electron chi connectivity index (χ2n) is 6.54. The van der Waals surface area contributed by atoms with Gasteiger partial charge in [-0.2, -0.15) is 0 Å². The molecule has 1 aliphatic heterocycles. The van der Waals surface area contributed by atoms with Crippen LogP contribution in [-0.2, 0) is 0 Å². The summed E-state index contributed by atoms with van der Waals surface area (Å²) in [5.74, 6) is 1.80. The highest BCUT2D eigenvalue weighted by Gasteiger charge is 2.26. The molecule has 2 rings (SSSR count). The fraction of sp³-hybridized carbons (Fsp3) is 1.00. The van der Waals surface area contributed by atoms with E-state index < -0.39 is 0 Å². The van der Waals surface area contributed by atoms with Crippen molar-refractivity contribution >= 4 is 0 Å². The average Bonchev–Trinajstić information content (AvgIpc) is 2.32. The molecule has 100 valence electrons. The molecule has 4 unspecified atom stereocenters. The largest absolute Gasteiger partial charge is 0.312 e. The summed E-state index contributed by atoms with van der Waals surface area (Å²) in [5, 5.41) is 3.86. The van der Waals surface area contributed by atoms with Gasteiger partial charge in [0, 0.05) is 18.6 Å². The van der Waals surface area contributed by atoms with Gasteiger partial charge in [0.25, 0.3) is 0 Å². The van der Waals surface area contributed by atoms with Crippen molar-refractivity contribution in [1.29, 1.82) is 0 Å². The lowest BCUT2D eigenvalue weighted by atomic mass is 9.80. The molecule has 1 N–H and O–H groups in total. The minimum Gasteiger partial charge on any atom is -0.312 e. The summed E-state index contributed by atoms with van der Waals surface area (Å²) >= 11 is 0. The molecule has 0 spiro atoms. The van der Waals surface area contributed by atoms with Crippen molar-refractivity contribution in [3.8, 4) is 0 Å². The zero-order valence-corrected chi connectivity index (χ0v) is 11.9. The van der Waals surface area contributed by atoms with Gasteiger partial charge in [0.2, 0.25) is 0 Å². The molecule has 2 aliphatic rings. The molecule has 2 heteroatoms. The van der Waals surface area contributed by atoms with Crippen LogP contribution in [0, 0.1) is 11.8 Å². The molecule has 0 amide bonds. The molecule has 0 bridgehead atoms. The summed E-state index contributed by atoms with van der Waals surface area (Å²) in [7, 11) is 2.29. The predicted molar refractivity (Wildman–Crippen MR) is 74.2 cm³/mol. The Morgan fingerprint density at radius 3 is 2.71 bits per heavy atom. The highest BCUT2D eigenvalue weighted by molar-refractivity contribution is 4.84. The van der Waals surface area contributed by atoms with E-state index in [2.05, 4.69) is 31.1 Å². The molecule has 0 aromatic rings. The van der Waals surface area contributed by atoms with E-state index in [1.165, 1.54) is 51.6 Å². The lowest BCUT2D eigenvalue weighted by Gasteiger charge is -2.37. The third-order valence-electron chi connectivity index (χ3n) is 5.00. The Morgan fingerprint density at radius 1 is 1.12 bits per heavy atom. The highest BCUT2D eigenvalue weighted by Crippen LogP contribution is 2.28. The van der Waals surface area contributed by atoms with Crippen LogP contribution < -0.4 is 5.32 Å². The van der Waals surface area contributed by atoms with Gasteiger partial charge in [-0.25, -0.2) is 0 Å². The first-order chi connectivity index (χ1) is 8.16. The second kappa shape index (κ2) is 6.19. The Kier molecular flexibility index (Phi) is 4.87. The van der Waals surface area contributed by atoms with E-state index in [0.29, 0.717) is 0 Å². The van der Waals surface area contributed by atoms with Gasteiger partial charge in [0.05, 0.1) is 0 Å². The number of nitrogens with zero attached hydrogens (tertiary/aromatic N) is 1. The third kappa shape index (κ3) is 3.69. The molecular weight excluding hydrogens is 208 g/mol. The third-order valence-corrected chi connectivity index (χ3v) is 5.00. The van der Waals surface area contributed by atoms with E-state index in [1.807, 2.05) is 0 Å². The van der Waals surface area contributed by atoms with Crippen LogP contribution in [0.3, 0.4) is 0 Å². The number of piperidine rings is 1. The SMILES string of the molecule is CC1CCC(C)C(NCC2CCCCN2C)C1. The normalized spacial score (nSPS) is 40.4. The average molecular weight is 238 g/mol. The molecule has 0 aromatic heterocycles. The molecule has 1 saturated carbocycles. The van der Waals surface area contributed by atoms with Crippen molar-refractivity contribution in [2.24, 2.45) is 11.8 Å². The first-order valence-corrected chi connectivity index (χ1v) is 7.60. The molecule has 1 saturated heterocycles. The number of likely N-dealkylation sites (tertiary alicyclic amines) is 1. The maximum atomic E-state index is 3.86. The van der Waals surface area contributed by atoms with Crippen LogP contribution >= 0.6 is 0 Å². The van der Waals surface area contributed by atoms with Crippen LogP contribution in [-0.4, -0.2) is 37.1 Å². The predicted octanol–water partition coefficient (Wildman–Crippen LogP) is 2.89. The van der Waals surface area contributed by atoms with Crippen molar-refractivity contribution in [2.45, 2.75) is 64.5 Å². The Morgan fingerprint density at radius 2 is 1.94 bits per heavy atom. The van der Waals surface area contributed by atoms with Crippen LogP contribution in [0.25, 0.3) is 0 Å². The van der Waals surface area contributed by atoms with Gasteiger partial charge in [0.1, 0.15) is 0 Å². The Balaban J connectivity index is 1.76. The van der Waals surface area contributed by atoms with Gasteiger partial charge in [-0.3, -0.25) is 0 Å². The molecule has 4 atom stereocenters. The topological polar surface area (TPSA) is 15.3 Å². The smallest absolute Gasteiger partial charge is 0.0217 e. The monoisotopic (exact) mass is 238 g/mol. The number of nitrogens with one attached hydrogen (secondary N) is 1. The molecule has 0 aromatic carbocycles. The van der Waals surface area contributed by atoms with Gasteiger partial charge in [-0.1, -0.05) is 26.7 Å². The van der Waals surface area contributed by atoms with Crippen molar-refractivity contribution in [1.82, 2.24) is 10.2 Å². The molecular formula is C15H30N2. The second-order valence-corrected chi connectivity index (χ2v) is 6.54. The molecule has 17 heavy (non-hydrogen) atoms. The fourth-order valence-electron chi connectivity index (χ4n) is 3.51. The first-order valence-electron chi connectivity index (χ1n) is 7.60. The number of likely N-dealkylation sites (N-methyl/N-ethyl adjacent to an activating group) is 1. The lowest BCUT2D eigenvalue weighted by molar-refractivity contribution is 0.159. The van der Waals surface area contributed by atoms with E-state index >= 15 is 0 Å². The molecule has 2 fully saturated rings. The molecule has 2 nitrogen and oxygen atoms in total. The van der Waals surface area contributed by atoms with Crippen LogP contribution in [0.5, 0.6) is 0 Å². The fourth-order valence-corrected chi connectivity index (χ4v) is 3.51. The maximum Gasteiger partial charge on any atom is 0.0217 e. The molecule has 0 radical (unpaired) electrons. The van der Waals surface area contributed by atoms with Crippen molar-refractivity contribution < 1.29 is 0 Å². The Hall–Kier alpha value is -0.0800. The van der Waals surface area contributed by atoms with Crippen LogP contribution in [0.15, 0.2) is 0 Å². The minimum atomic E-state index is 0.772. The van der Waals surface area contributed by atoms with E-state index in [-0.39, 0.29) is 0 Å². The quantitative estimate of drug-likeness (QED) is 0.813. The van der Waals surface area contributed by atoms with Gasteiger partial charge >= 0.3 is 0 Å². The van der Waals surface area contributed by atoms with E-state index in [4.69, 9.17) is 0 Å². The Labute approximate surface area is 107 Å². The summed E-state index contributed by atoms with van der Waals surface area (Å²) in [4.78, 5) is 2.55. The zero-order chi connectivity index (χ0) is 12.3. The van der Waals surface area contributed by atoms with Gasteiger partial charge in [0.15, 0.2) is 0 Å². The van der Waals surface area contributed by atoms with E-state index in [1.54, 1.807) is 0 Å². The number of hydrogen-bond acceptors (Lipinski definition) is 2. The lowest BCUT2D eigenvalue weighted by Crippen LogP contribution is -2.48. The van der Waals surface area contributed by atoms with Crippen LogP contribution in [0.4, 0.5) is 0 Å². The molecule has 1 heterocycles. The van der Waals surface area contributed by atoms with Gasteiger partial charge in [-0.05, 0) is 51.1 Å². The zero-order valence-electron chi connectivity index (χ0n) is 11.9. The van der Waals surface area contributed by atoms with Crippen LogP contribution in [0.2, 0.25) is 0 Å². The van der Waals surface area contributed by atoms with E-state index in [9.17, 15) is 0 Å². The number of hydrogen-bond donors (Lipinski definition) is 1. The summed E-state index contributed by atoms with van der Waals surface area (Å²) in [6.45, 7) is 7.34. The van der Waals surface area contributed by atoms with Crippen molar-refractivity contribution in [3.05, 3.63) is 0 Å². The Bertz CT molecular complexity index is 229. The standard InChI is InChI=1S/C15H30N2/c1-12-7-8-13(2)15(10-12)16-11-14-6-4-5-9-17(14)3/h12-16H,4-11H2,1-3H3. The minimum absolute atomic E-state index is 0.772.